The van der Waals surface area contributed by atoms with Crippen LogP contribution in [0, 0.1) is 0 Å². The molecule has 5 nitrogen and oxygen atoms in total. The van der Waals surface area contributed by atoms with E-state index < -0.39 is 17.7 Å². The topological polar surface area (TPSA) is 64.6 Å². The van der Waals surface area contributed by atoms with Gasteiger partial charge in [0.05, 0.1) is 6.54 Å². The van der Waals surface area contributed by atoms with Gasteiger partial charge in [0, 0.05) is 11.4 Å². The molecule has 0 saturated heterocycles. The van der Waals surface area contributed by atoms with Gasteiger partial charge in [-0.25, -0.2) is 9.59 Å². The Bertz CT molecular complexity index is 266. The zero-order valence-electron chi connectivity index (χ0n) is 9.42. The lowest BCUT2D eigenvalue weighted by Crippen LogP contribution is -2.37. The number of hydrogen-bond acceptors (Lipinski definition) is 4. The normalized spacial score (nSPS) is 10.4. The quantitative estimate of drug-likeness (QED) is 0.350. The van der Waals surface area contributed by atoms with E-state index in [-0.39, 0.29) is 13.2 Å². The molecule has 0 radical (unpaired) electrons. The van der Waals surface area contributed by atoms with Crippen molar-refractivity contribution >= 4 is 28.0 Å². The molecule has 92 valence electrons. The van der Waals surface area contributed by atoms with E-state index in [1.54, 1.807) is 13.8 Å². The predicted molar refractivity (Wildman–Crippen MR) is 63.5 cm³/mol. The summed E-state index contributed by atoms with van der Waals surface area (Å²) in [5.74, 6) is -0.518. The van der Waals surface area contributed by atoms with Crippen LogP contribution < -0.4 is 5.32 Å². The summed E-state index contributed by atoms with van der Waals surface area (Å²) >= 11 is 3.22. The van der Waals surface area contributed by atoms with Crippen LogP contribution in [0.5, 0.6) is 0 Å². The van der Waals surface area contributed by atoms with E-state index in [2.05, 4.69) is 32.6 Å². The molecule has 1 N–H and O–H groups in total. The van der Waals surface area contributed by atoms with Gasteiger partial charge in [0.25, 0.3) is 0 Å². The standard InChI is InChI=1S/C10H16BrNO4/c1-4-8(13)15-6-5-12-9(14)16-10(2,3)7-11/h4H,1,5-7H2,2-3H3,(H,12,14). The molecule has 0 heterocycles. The molecule has 0 aromatic heterocycles. The maximum Gasteiger partial charge on any atom is 0.407 e. The number of amides is 1. The number of carbonyl (C=O) groups excluding carboxylic acids is 2. The van der Waals surface area contributed by atoms with E-state index >= 15 is 0 Å². The van der Waals surface area contributed by atoms with E-state index in [4.69, 9.17) is 4.74 Å². The Morgan fingerprint density at radius 1 is 1.50 bits per heavy atom. The first-order valence-corrected chi connectivity index (χ1v) is 5.85. The van der Waals surface area contributed by atoms with Crippen molar-refractivity contribution in [1.82, 2.24) is 5.32 Å². The molecule has 0 spiro atoms. The summed E-state index contributed by atoms with van der Waals surface area (Å²) in [6.45, 7) is 7.09. The number of alkyl carbamates (subject to hydrolysis) is 1. The van der Waals surface area contributed by atoms with E-state index in [1.807, 2.05) is 0 Å². The van der Waals surface area contributed by atoms with Gasteiger partial charge in [-0.3, -0.25) is 0 Å². The second-order valence-corrected chi connectivity index (χ2v) is 4.14. The van der Waals surface area contributed by atoms with Crippen LogP contribution in [-0.4, -0.2) is 36.1 Å². The monoisotopic (exact) mass is 293 g/mol. The average molecular weight is 294 g/mol. The molecule has 0 unspecified atom stereocenters. The molecule has 0 aliphatic heterocycles. The summed E-state index contributed by atoms with van der Waals surface area (Å²) in [6.07, 6.45) is 0.519. The first-order valence-electron chi connectivity index (χ1n) is 4.73. The van der Waals surface area contributed by atoms with Crippen LogP contribution >= 0.6 is 15.9 Å². The van der Waals surface area contributed by atoms with Gasteiger partial charge in [-0.05, 0) is 13.8 Å². The van der Waals surface area contributed by atoms with Gasteiger partial charge in [-0.1, -0.05) is 22.5 Å². The lowest BCUT2D eigenvalue weighted by Gasteiger charge is -2.22. The summed E-state index contributed by atoms with van der Waals surface area (Å²) in [6, 6.07) is 0. The summed E-state index contributed by atoms with van der Waals surface area (Å²) in [5, 5.41) is 3.00. The molecular formula is C10H16BrNO4. The first-order chi connectivity index (χ1) is 7.41. The largest absolute Gasteiger partial charge is 0.461 e. The highest BCUT2D eigenvalue weighted by molar-refractivity contribution is 9.09. The van der Waals surface area contributed by atoms with E-state index in [0.29, 0.717) is 5.33 Å². The third kappa shape index (κ3) is 7.28. The summed E-state index contributed by atoms with van der Waals surface area (Å²) < 4.78 is 9.72. The number of halogens is 1. The van der Waals surface area contributed by atoms with Crippen molar-refractivity contribution in [3.05, 3.63) is 12.7 Å². The number of carbonyl (C=O) groups is 2. The Balaban J connectivity index is 3.66. The molecule has 0 saturated carbocycles. The molecule has 0 atom stereocenters. The van der Waals surface area contributed by atoms with Crippen LogP contribution in [0.15, 0.2) is 12.7 Å². The minimum absolute atomic E-state index is 0.0920. The van der Waals surface area contributed by atoms with Crippen LogP contribution in [0.3, 0.4) is 0 Å². The molecule has 0 fully saturated rings. The molecule has 0 aromatic carbocycles. The number of alkyl halides is 1. The number of hydrogen-bond donors (Lipinski definition) is 1. The van der Waals surface area contributed by atoms with Crippen molar-refractivity contribution in [3.8, 4) is 0 Å². The summed E-state index contributed by atoms with van der Waals surface area (Å²) in [7, 11) is 0. The number of ether oxygens (including phenoxy) is 2. The fourth-order valence-corrected chi connectivity index (χ4v) is 0.792. The Hall–Kier alpha value is -1.04. The minimum atomic E-state index is -0.568. The molecular weight excluding hydrogens is 278 g/mol. The van der Waals surface area contributed by atoms with Gasteiger partial charge in [0.1, 0.15) is 12.2 Å². The van der Waals surface area contributed by atoms with Gasteiger partial charge in [-0.2, -0.15) is 0 Å². The average Bonchev–Trinajstić information content (AvgIpc) is 2.23. The third-order valence-corrected chi connectivity index (χ3v) is 2.82. The molecule has 0 bridgehead atoms. The fraction of sp³-hybridized carbons (Fsp3) is 0.600. The van der Waals surface area contributed by atoms with Gasteiger partial charge in [-0.15, -0.1) is 0 Å². The van der Waals surface area contributed by atoms with Crippen molar-refractivity contribution < 1.29 is 19.1 Å². The molecule has 16 heavy (non-hydrogen) atoms. The van der Waals surface area contributed by atoms with Crippen molar-refractivity contribution in [3.63, 3.8) is 0 Å². The third-order valence-electron chi connectivity index (χ3n) is 1.47. The van der Waals surface area contributed by atoms with Crippen LogP contribution in [-0.2, 0) is 14.3 Å². The highest BCUT2D eigenvalue weighted by atomic mass is 79.9. The fourth-order valence-electron chi connectivity index (χ4n) is 0.678. The van der Waals surface area contributed by atoms with E-state index in [1.165, 1.54) is 0 Å². The van der Waals surface area contributed by atoms with Crippen molar-refractivity contribution in [1.29, 1.82) is 0 Å². The Kier molecular flexibility index (Phi) is 6.80. The smallest absolute Gasteiger partial charge is 0.407 e. The van der Waals surface area contributed by atoms with Crippen LogP contribution in [0.1, 0.15) is 13.8 Å². The Morgan fingerprint density at radius 3 is 2.62 bits per heavy atom. The van der Waals surface area contributed by atoms with E-state index in [9.17, 15) is 9.59 Å². The lowest BCUT2D eigenvalue weighted by atomic mass is 10.2. The van der Waals surface area contributed by atoms with Gasteiger partial charge in [0.2, 0.25) is 0 Å². The Morgan fingerprint density at radius 2 is 2.12 bits per heavy atom. The van der Waals surface area contributed by atoms with Gasteiger partial charge >= 0.3 is 12.1 Å². The highest BCUT2D eigenvalue weighted by Crippen LogP contribution is 2.11. The van der Waals surface area contributed by atoms with Crippen molar-refractivity contribution in [2.24, 2.45) is 0 Å². The molecule has 0 aliphatic carbocycles. The number of rotatable bonds is 6. The van der Waals surface area contributed by atoms with Gasteiger partial charge < -0.3 is 14.8 Å². The molecule has 0 rings (SSSR count). The van der Waals surface area contributed by atoms with Crippen LogP contribution in [0.4, 0.5) is 4.79 Å². The predicted octanol–water partition coefficient (Wildman–Crippen LogP) is 1.62. The van der Waals surface area contributed by atoms with Crippen molar-refractivity contribution in [2.75, 3.05) is 18.5 Å². The van der Waals surface area contributed by atoms with Crippen LogP contribution in [0.2, 0.25) is 0 Å². The van der Waals surface area contributed by atoms with Crippen molar-refractivity contribution in [2.45, 2.75) is 19.4 Å². The first kappa shape index (κ1) is 15.0. The molecule has 0 aliphatic rings. The number of esters is 1. The maximum atomic E-state index is 11.2. The van der Waals surface area contributed by atoms with E-state index in [0.717, 1.165) is 6.08 Å². The molecule has 0 aromatic rings. The highest BCUT2D eigenvalue weighted by Gasteiger charge is 2.20. The second-order valence-electron chi connectivity index (χ2n) is 3.58. The SMILES string of the molecule is C=CC(=O)OCCNC(=O)OC(C)(C)CBr. The zero-order valence-corrected chi connectivity index (χ0v) is 11.0. The summed E-state index contributed by atoms with van der Waals surface area (Å²) in [5.41, 5.74) is -0.568. The number of nitrogens with one attached hydrogen (secondary N) is 1. The zero-order chi connectivity index (χ0) is 12.6. The summed E-state index contributed by atoms with van der Waals surface area (Å²) in [4.78, 5) is 21.9. The maximum absolute atomic E-state index is 11.2. The van der Waals surface area contributed by atoms with Crippen LogP contribution in [0.25, 0.3) is 0 Å². The minimum Gasteiger partial charge on any atom is -0.461 e. The van der Waals surface area contributed by atoms with Gasteiger partial charge in [0.15, 0.2) is 0 Å². The Labute approximate surface area is 103 Å². The lowest BCUT2D eigenvalue weighted by molar-refractivity contribution is -0.137. The molecule has 6 heteroatoms. The second kappa shape index (κ2) is 7.27. The molecule has 1 amide bonds.